The molecule has 1 aromatic rings. The van der Waals surface area contributed by atoms with Gasteiger partial charge in [-0.3, -0.25) is 9.69 Å². The van der Waals surface area contributed by atoms with Gasteiger partial charge in [-0.1, -0.05) is 11.8 Å². The van der Waals surface area contributed by atoms with Crippen LogP contribution >= 0.6 is 11.8 Å². The molecule has 1 saturated carbocycles. The first-order valence-corrected chi connectivity index (χ1v) is 8.20. The summed E-state index contributed by atoms with van der Waals surface area (Å²) >= 11 is 1.46. The summed E-state index contributed by atoms with van der Waals surface area (Å²) in [6, 6.07) is -0.168. The molecule has 3 rings (SSSR count). The number of carbonyl (C=O) groups is 1. The number of hydrogen-bond donors (Lipinski definition) is 1. The first kappa shape index (κ1) is 13.8. The molecular weight excluding hydrogens is 274 g/mol. The van der Waals surface area contributed by atoms with Crippen molar-refractivity contribution >= 4 is 23.5 Å². The number of anilines is 1. The number of fused-ring (bicyclic) bond motifs is 1. The van der Waals surface area contributed by atoms with E-state index >= 15 is 0 Å². The second-order valence-corrected chi connectivity index (χ2v) is 6.51. The standard InChI is InChI=1S/C14H19N3O2S/c1-14(19)7-3-4-10(14)17-11(18)6-5-9-8-15-13(20-2)16-12(9)17/h8,10,19H,3-7H2,1-2H3. The van der Waals surface area contributed by atoms with E-state index in [0.717, 1.165) is 24.8 Å². The number of nitrogens with zero attached hydrogens (tertiary/aromatic N) is 3. The SMILES string of the molecule is CSc1ncc2c(n1)N(C1CCCC1(C)O)C(=O)CC2. The molecule has 0 radical (unpaired) electrons. The second-order valence-electron chi connectivity index (χ2n) is 5.73. The number of hydrogen-bond acceptors (Lipinski definition) is 5. The maximum Gasteiger partial charge on any atom is 0.228 e. The van der Waals surface area contributed by atoms with E-state index in [1.54, 1.807) is 4.90 Å². The van der Waals surface area contributed by atoms with Crippen LogP contribution in [-0.4, -0.2) is 38.9 Å². The van der Waals surface area contributed by atoms with Gasteiger partial charge < -0.3 is 5.11 Å². The lowest BCUT2D eigenvalue weighted by Gasteiger charge is -2.38. The van der Waals surface area contributed by atoms with Gasteiger partial charge in [0.15, 0.2) is 5.16 Å². The van der Waals surface area contributed by atoms with Gasteiger partial charge in [0.1, 0.15) is 5.82 Å². The van der Waals surface area contributed by atoms with Crippen LogP contribution in [0.25, 0.3) is 0 Å². The van der Waals surface area contributed by atoms with Crippen LogP contribution in [0.15, 0.2) is 11.4 Å². The largest absolute Gasteiger partial charge is 0.388 e. The van der Waals surface area contributed by atoms with Crippen molar-refractivity contribution in [1.29, 1.82) is 0 Å². The van der Waals surface area contributed by atoms with E-state index in [4.69, 9.17) is 0 Å². The van der Waals surface area contributed by atoms with Crippen LogP contribution in [0.1, 0.15) is 38.2 Å². The first-order valence-electron chi connectivity index (χ1n) is 6.97. The summed E-state index contributed by atoms with van der Waals surface area (Å²) < 4.78 is 0. The number of carbonyl (C=O) groups excluding carboxylic acids is 1. The smallest absolute Gasteiger partial charge is 0.228 e. The maximum absolute atomic E-state index is 12.4. The van der Waals surface area contributed by atoms with Crippen LogP contribution in [0.4, 0.5) is 5.82 Å². The number of thioether (sulfide) groups is 1. The lowest BCUT2D eigenvalue weighted by atomic mass is 9.95. The average molecular weight is 293 g/mol. The maximum atomic E-state index is 12.4. The van der Waals surface area contributed by atoms with Crippen LogP contribution in [0.5, 0.6) is 0 Å². The third kappa shape index (κ3) is 2.20. The number of aryl methyl sites for hydroxylation is 1. The molecule has 1 amide bonds. The summed E-state index contributed by atoms with van der Waals surface area (Å²) in [6.45, 7) is 1.82. The van der Waals surface area contributed by atoms with Gasteiger partial charge in [0.25, 0.3) is 0 Å². The van der Waals surface area contributed by atoms with Crippen LogP contribution in [0.3, 0.4) is 0 Å². The lowest BCUT2D eigenvalue weighted by molar-refractivity contribution is -0.120. The summed E-state index contributed by atoms with van der Waals surface area (Å²) in [6.07, 6.45) is 7.40. The minimum absolute atomic E-state index is 0.0652. The normalized spacial score (nSPS) is 29.6. The van der Waals surface area contributed by atoms with Gasteiger partial charge in [0.2, 0.25) is 5.91 Å². The Bertz CT molecular complexity index is 547. The fourth-order valence-electron chi connectivity index (χ4n) is 3.21. The molecule has 0 saturated heterocycles. The first-order chi connectivity index (χ1) is 9.53. The third-order valence-electron chi connectivity index (χ3n) is 4.30. The molecule has 6 heteroatoms. The lowest BCUT2D eigenvalue weighted by Crippen LogP contribution is -2.52. The summed E-state index contributed by atoms with van der Waals surface area (Å²) in [5.41, 5.74) is 0.180. The third-order valence-corrected chi connectivity index (χ3v) is 4.86. The van der Waals surface area contributed by atoms with E-state index in [1.807, 2.05) is 19.4 Å². The van der Waals surface area contributed by atoms with E-state index in [-0.39, 0.29) is 11.9 Å². The Labute approximate surface area is 122 Å². The Morgan fingerprint density at radius 3 is 2.95 bits per heavy atom. The van der Waals surface area contributed by atoms with Crippen molar-refractivity contribution in [2.75, 3.05) is 11.2 Å². The molecule has 2 heterocycles. The topological polar surface area (TPSA) is 66.3 Å². The molecule has 2 aliphatic rings. The quantitative estimate of drug-likeness (QED) is 0.665. The predicted molar refractivity (Wildman–Crippen MR) is 77.9 cm³/mol. The Balaban J connectivity index is 2.05. The van der Waals surface area contributed by atoms with Crippen molar-refractivity contribution in [2.45, 2.75) is 55.8 Å². The van der Waals surface area contributed by atoms with Gasteiger partial charge in [0.05, 0.1) is 11.6 Å². The average Bonchev–Trinajstić information content (AvgIpc) is 2.77. The van der Waals surface area contributed by atoms with Crippen LogP contribution < -0.4 is 4.90 Å². The summed E-state index contributed by atoms with van der Waals surface area (Å²) in [5, 5.41) is 11.2. The molecule has 1 aromatic heterocycles. The highest BCUT2D eigenvalue weighted by atomic mass is 32.2. The molecule has 20 heavy (non-hydrogen) atoms. The number of aliphatic hydroxyl groups is 1. The Hall–Kier alpha value is -1.14. The van der Waals surface area contributed by atoms with Crippen LogP contribution in [0, 0.1) is 0 Å². The van der Waals surface area contributed by atoms with Crippen molar-refractivity contribution in [2.24, 2.45) is 0 Å². The van der Waals surface area contributed by atoms with Gasteiger partial charge in [0, 0.05) is 18.2 Å². The fourth-order valence-corrected chi connectivity index (χ4v) is 3.54. The summed E-state index contributed by atoms with van der Waals surface area (Å²) in [4.78, 5) is 22.9. The van der Waals surface area contributed by atoms with Gasteiger partial charge in [-0.25, -0.2) is 9.97 Å². The van der Waals surface area contributed by atoms with Crippen molar-refractivity contribution in [3.8, 4) is 0 Å². The van der Waals surface area contributed by atoms with Crippen molar-refractivity contribution in [3.05, 3.63) is 11.8 Å². The molecule has 0 aromatic carbocycles. The highest BCUT2D eigenvalue weighted by molar-refractivity contribution is 7.98. The Kier molecular flexibility index (Phi) is 3.46. The van der Waals surface area contributed by atoms with Crippen molar-refractivity contribution in [3.63, 3.8) is 0 Å². The molecule has 5 nitrogen and oxygen atoms in total. The molecule has 2 atom stereocenters. The van der Waals surface area contributed by atoms with Crippen LogP contribution in [-0.2, 0) is 11.2 Å². The molecule has 2 unspecified atom stereocenters. The minimum atomic E-state index is -0.825. The summed E-state index contributed by atoms with van der Waals surface area (Å²) in [7, 11) is 0. The zero-order valence-corrected chi connectivity index (χ0v) is 12.6. The van der Waals surface area contributed by atoms with E-state index in [1.165, 1.54) is 11.8 Å². The van der Waals surface area contributed by atoms with Crippen molar-refractivity contribution < 1.29 is 9.90 Å². The van der Waals surface area contributed by atoms with Gasteiger partial charge in [-0.15, -0.1) is 0 Å². The number of aromatic nitrogens is 2. The van der Waals surface area contributed by atoms with E-state index in [9.17, 15) is 9.90 Å². The van der Waals surface area contributed by atoms with E-state index < -0.39 is 5.60 Å². The molecule has 0 bridgehead atoms. The van der Waals surface area contributed by atoms with Gasteiger partial charge >= 0.3 is 0 Å². The van der Waals surface area contributed by atoms with E-state index in [2.05, 4.69) is 9.97 Å². The van der Waals surface area contributed by atoms with E-state index in [0.29, 0.717) is 23.8 Å². The van der Waals surface area contributed by atoms with Gasteiger partial charge in [-0.05, 0) is 38.9 Å². The highest BCUT2D eigenvalue weighted by Gasteiger charge is 2.45. The number of rotatable bonds is 2. The molecule has 108 valence electrons. The minimum Gasteiger partial charge on any atom is -0.388 e. The summed E-state index contributed by atoms with van der Waals surface area (Å²) in [5.74, 6) is 0.767. The van der Waals surface area contributed by atoms with Crippen molar-refractivity contribution in [1.82, 2.24) is 9.97 Å². The highest BCUT2D eigenvalue weighted by Crippen LogP contribution is 2.39. The number of amides is 1. The Morgan fingerprint density at radius 1 is 1.50 bits per heavy atom. The van der Waals surface area contributed by atoms with Crippen LogP contribution in [0.2, 0.25) is 0 Å². The zero-order valence-electron chi connectivity index (χ0n) is 11.8. The molecule has 1 N–H and O–H groups in total. The molecule has 1 aliphatic heterocycles. The monoisotopic (exact) mass is 293 g/mol. The molecular formula is C14H19N3O2S. The molecule has 0 spiro atoms. The zero-order chi connectivity index (χ0) is 14.3. The Morgan fingerprint density at radius 2 is 2.30 bits per heavy atom. The predicted octanol–water partition coefficient (Wildman–Crippen LogP) is 1.78. The van der Waals surface area contributed by atoms with Gasteiger partial charge in [-0.2, -0.15) is 0 Å². The molecule has 1 fully saturated rings. The second kappa shape index (κ2) is 5.00. The molecule has 1 aliphatic carbocycles. The fraction of sp³-hybridized carbons (Fsp3) is 0.643.